The molecule has 2 aromatic carbocycles. The van der Waals surface area contributed by atoms with Crippen molar-refractivity contribution in [2.45, 2.75) is 32.0 Å². The molecule has 1 unspecified atom stereocenters. The molecule has 1 amide bonds. The molecular weight excluding hydrogens is 374 g/mol. The van der Waals surface area contributed by atoms with Gasteiger partial charge in [0.2, 0.25) is 0 Å². The first-order chi connectivity index (χ1) is 14.5. The number of nitrogens with zero attached hydrogens (tertiary/aromatic N) is 2. The Kier molecular flexibility index (Phi) is 4.59. The molecule has 154 valence electrons. The van der Waals surface area contributed by atoms with Crippen LogP contribution >= 0.6 is 0 Å². The Hall–Kier alpha value is -3.12. The lowest BCUT2D eigenvalue weighted by Crippen LogP contribution is -2.38. The lowest BCUT2D eigenvalue weighted by Gasteiger charge is -2.33. The monoisotopic (exact) mass is 401 g/mol. The van der Waals surface area contributed by atoms with Crippen molar-refractivity contribution in [1.29, 1.82) is 0 Å². The summed E-state index contributed by atoms with van der Waals surface area (Å²) in [7, 11) is 2.06. The van der Waals surface area contributed by atoms with Gasteiger partial charge in [-0.2, -0.15) is 0 Å². The van der Waals surface area contributed by atoms with E-state index >= 15 is 0 Å². The summed E-state index contributed by atoms with van der Waals surface area (Å²) in [5, 5.41) is 9.74. The minimum absolute atomic E-state index is 0.0855. The summed E-state index contributed by atoms with van der Waals surface area (Å²) in [4.78, 5) is 19.4. The smallest absolute Gasteiger partial charge is 0.256 e. The van der Waals surface area contributed by atoms with Crippen LogP contribution in [0.1, 0.15) is 45.1 Å². The molecular formula is C24H27N5O. The van der Waals surface area contributed by atoms with Crippen LogP contribution in [-0.2, 0) is 25.0 Å². The molecule has 3 N–H and O–H groups in total. The van der Waals surface area contributed by atoms with Crippen molar-refractivity contribution in [3.05, 3.63) is 75.6 Å². The fraction of sp³-hybridized carbons (Fsp3) is 0.333. The number of fused-ring (bicyclic) bond motifs is 2. The van der Waals surface area contributed by atoms with Crippen LogP contribution in [0.4, 0.5) is 0 Å². The summed E-state index contributed by atoms with van der Waals surface area (Å²) in [6, 6.07) is 12.6. The number of carbonyl (C=O) groups is 1. The Morgan fingerprint density at radius 1 is 1.13 bits per heavy atom. The van der Waals surface area contributed by atoms with Crippen LogP contribution in [0.25, 0.3) is 6.08 Å². The van der Waals surface area contributed by atoms with Crippen LogP contribution in [0.2, 0.25) is 0 Å². The fourth-order valence-electron chi connectivity index (χ4n) is 4.39. The highest BCUT2D eigenvalue weighted by Gasteiger charge is 2.33. The third kappa shape index (κ3) is 3.27. The maximum atomic E-state index is 12.8. The van der Waals surface area contributed by atoms with Gasteiger partial charge in [0.1, 0.15) is 5.82 Å². The Bertz CT molecular complexity index is 1070. The van der Waals surface area contributed by atoms with E-state index < -0.39 is 0 Å². The van der Waals surface area contributed by atoms with Crippen LogP contribution < -0.4 is 16.0 Å². The number of aliphatic imine (C=N–C) groups is 1. The summed E-state index contributed by atoms with van der Waals surface area (Å²) in [6.45, 7) is 5.47. The van der Waals surface area contributed by atoms with Crippen LogP contribution in [0, 0.1) is 0 Å². The molecule has 30 heavy (non-hydrogen) atoms. The fourth-order valence-corrected chi connectivity index (χ4v) is 4.39. The second-order valence-electron chi connectivity index (χ2n) is 8.53. The number of hydrogen-bond acceptors (Lipinski definition) is 5. The molecule has 3 heterocycles. The first-order valence-electron chi connectivity index (χ1n) is 10.5. The maximum absolute atomic E-state index is 12.8. The molecule has 0 saturated heterocycles. The minimum Gasteiger partial charge on any atom is -0.367 e. The molecule has 0 bridgehead atoms. The van der Waals surface area contributed by atoms with Gasteiger partial charge in [-0.15, -0.1) is 0 Å². The van der Waals surface area contributed by atoms with Gasteiger partial charge in [-0.1, -0.05) is 18.2 Å². The quantitative estimate of drug-likeness (QED) is 0.739. The second-order valence-corrected chi connectivity index (χ2v) is 8.53. The first kappa shape index (κ1) is 18.9. The van der Waals surface area contributed by atoms with E-state index in [2.05, 4.69) is 64.1 Å². The highest BCUT2D eigenvalue weighted by molar-refractivity contribution is 5.96. The topological polar surface area (TPSA) is 68.8 Å². The van der Waals surface area contributed by atoms with Gasteiger partial charge < -0.3 is 20.9 Å². The predicted octanol–water partition coefficient (Wildman–Crippen LogP) is 2.35. The van der Waals surface area contributed by atoms with Gasteiger partial charge in [0.15, 0.2) is 0 Å². The summed E-state index contributed by atoms with van der Waals surface area (Å²) >= 11 is 0. The summed E-state index contributed by atoms with van der Waals surface area (Å²) in [5.74, 6) is 0.652. The van der Waals surface area contributed by atoms with Crippen molar-refractivity contribution in [3.8, 4) is 0 Å². The van der Waals surface area contributed by atoms with E-state index in [1.807, 2.05) is 24.5 Å². The van der Waals surface area contributed by atoms with E-state index in [9.17, 15) is 4.79 Å². The molecule has 6 heteroatoms. The van der Waals surface area contributed by atoms with Gasteiger partial charge in [-0.25, -0.2) is 0 Å². The molecule has 0 spiro atoms. The third-order valence-electron chi connectivity index (χ3n) is 6.57. The highest BCUT2D eigenvalue weighted by atomic mass is 16.1. The molecule has 3 aliphatic rings. The summed E-state index contributed by atoms with van der Waals surface area (Å²) in [5.41, 5.74) is 6.69. The van der Waals surface area contributed by atoms with Gasteiger partial charge in [-0.3, -0.25) is 9.79 Å². The lowest BCUT2D eigenvalue weighted by molar-refractivity contribution is 0.0963. The summed E-state index contributed by atoms with van der Waals surface area (Å²) < 4.78 is 0. The van der Waals surface area contributed by atoms with Crippen molar-refractivity contribution in [1.82, 2.24) is 20.9 Å². The highest BCUT2D eigenvalue weighted by Crippen LogP contribution is 2.32. The Morgan fingerprint density at radius 3 is 2.83 bits per heavy atom. The average molecular weight is 402 g/mol. The van der Waals surface area contributed by atoms with Crippen molar-refractivity contribution in [2.24, 2.45) is 4.99 Å². The normalized spacial score (nSPS) is 22.1. The van der Waals surface area contributed by atoms with E-state index in [0.717, 1.165) is 37.4 Å². The second kappa shape index (κ2) is 7.29. The number of amides is 1. The number of nitrogens with one attached hydrogen (secondary N) is 3. The van der Waals surface area contributed by atoms with Crippen LogP contribution in [0.5, 0.6) is 0 Å². The first-order valence-corrected chi connectivity index (χ1v) is 10.5. The maximum Gasteiger partial charge on any atom is 0.256 e. The van der Waals surface area contributed by atoms with E-state index in [0.29, 0.717) is 12.1 Å². The van der Waals surface area contributed by atoms with Crippen molar-refractivity contribution < 1.29 is 4.79 Å². The van der Waals surface area contributed by atoms with Gasteiger partial charge in [0.05, 0.1) is 18.4 Å². The van der Waals surface area contributed by atoms with E-state index in [1.54, 1.807) is 0 Å². The Morgan fingerprint density at radius 2 is 2.00 bits per heavy atom. The van der Waals surface area contributed by atoms with Gasteiger partial charge in [-0.05, 0) is 72.0 Å². The molecule has 0 radical (unpaired) electrons. The van der Waals surface area contributed by atoms with E-state index in [4.69, 9.17) is 0 Å². The molecule has 0 aromatic heterocycles. The molecule has 0 saturated carbocycles. The van der Waals surface area contributed by atoms with Crippen LogP contribution in [0.15, 0.2) is 47.2 Å². The zero-order valence-corrected chi connectivity index (χ0v) is 17.5. The summed E-state index contributed by atoms with van der Waals surface area (Å²) in [6.07, 6.45) is 4.94. The molecule has 6 nitrogen and oxygen atoms in total. The number of carbonyl (C=O) groups excluding carboxylic acids is 1. The number of hydrogen-bond donors (Lipinski definition) is 3. The molecule has 5 rings (SSSR count). The Balaban J connectivity index is 1.37. The SMILES string of the molecule is CN1C=NCC1(C)c1ccc2c(c1)C=C(NC(=O)c1ccc3c(c1)CNCC3)NC2. The zero-order valence-electron chi connectivity index (χ0n) is 17.5. The van der Waals surface area contributed by atoms with Gasteiger partial charge in [0, 0.05) is 25.7 Å². The van der Waals surface area contributed by atoms with Crippen LogP contribution in [-0.4, -0.2) is 37.3 Å². The van der Waals surface area contributed by atoms with Crippen molar-refractivity contribution in [2.75, 3.05) is 20.1 Å². The molecule has 0 fully saturated rings. The Labute approximate surface area is 177 Å². The largest absolute Gasteiger partial charge is 0.367 e. The van der Waals surface area contributed by atoms with Gasteiger partial charge >= 0.3 is 0 Å². The number of rotatable bonds is 3. The molecule has 2 aromatic rings. The predicted molar refractivity (Wildman–Crippen MR) is 119 cm³/mol. The number of benzene rings is 2. The van der Waals surface area contributed by atoms with Gasteiger partial charge in [0.25, 0.3) is 5.91 Å². The van der Waals surface area contributed by atoms with E-state index in [-0.39, 0.29) is 11.4 Å². The average Bonchev–Trinajstić information content (AvgIpc) is 3.12. The van der Waals surface area contributed by atoms with Crippen molar-refractivity contribution in [3.63, 3.8) is 0 Å². The van der Waals surface area contributed by atoms with Crippen molar-refractivity contribution >= 4 is 18.3 Å². The third-order valence-corrected chi connectivity index (χ3v) is 6.57. The zero-order chi connectivity index (χ0) is 20.7. The standard InChI is InChI=1S/C24H27N5O/c1-24(14-26-15-29(24)2)21-6-5-18-13-27-22(11-19(18)10-21)28-23(30)17-4-3-16-7-8-25-12-20(16)9-17/h3-6,9-11,15,25,27H,7-8,12-14H2,1-2H3,(H,28,30). The lowest BCUT2D eigenvalue weighted by atomic mass is 9.88. The van der Waals surface area contributed by atoms with E-state index in [1.165, 1.54) is 22.3 Å². The molecule has 0 aliphatic carbocycles. The minimum atomic E-state index is -0.131. The number of likely N-dealkylation sites (N-methyl/N-ethyl adjacent to an activating group) is 1. The molecule has 3 aliphatic heterocycles. The molecule has 1 atom stereocenters. The van der Waals surface area contributed by atoms with Crippen LogP contribution in [0.3, 0.4) is 0 Å².